The highest BCUT2D eigenvalue weighted by molar-refractivity contribution is 5.43. The van der Waals surface area contributed by atoms with Gasteiger partial charge in [0.1, 0.15) is 0 Å². The van der Waals surface area contributed by atoms with Gasteiger partial charge in [-0.1, -0.05) is 45.8 Å². The minimum Gasteiger partial charge on any atom is -0.301 e. The van der Waals surface area contributed by atoms with E-state index in [9.17, 15) is 0 Å². The second-order valence-electron chi connectivity index (χ2n) is 8.87. The lowest BCUT2D eigenvalue weighted by atomic mass is 9.65. The van der Waals surface area contributed by atoms with Gasteiger partial charge < -0.3 is 4.90 Å². The van der Waals surface area contributed by atoms with Crippen molar-refractivity contribution in [1.29, 1.82) is 0 Å². The van der Waals surface area contributed by atoms with Crippen LogP contribution in [0.3, 0.4) is 0 Å². The maximum atomic E-state index is 2.69. The van der Waals surface area contributed by atoms with Crippen LogP contribution in [0.4, 0.5) is 0 Å². The van der Waals surface area contributed by atoms with Gasteiger partial charge >= 0.3 is 0 Å². The summed E-state index contributed by atoms with van der Waals surface area (Å²) in [5.74, 6) is 4.38. The molecule has 0 aromatic carbocycles. The van der Waals surface area contributed by atoms with Gasteiger partial charge in [0, 0.05) is 6.04 Å². The third kappa shape index (κ3) is 2.14. The largest absolute Gasteiger partial charge is 0.301 e. The van der Waals surface area contributed by atoms with Gasteiger partial charge in [-0.05, 0) is 74.8 Å². The lowest BCUT2D eigenvalue weighted by molar-refractivity contribution is 0.0849. The molecule has 0 N–H and O–H groups in total. The van der Waals surface area contributed by atoms with Crippen LogP contribution < -0.4 is 0 Å². The van der Waals surface area contributed by atoms with Crippen molar-refractivity contribution in [3.8, 4) is 0 Å². The summed E-state index contributed by atoms with van der Waals surface area (Å²) in [4.78, 5) is 2.69. The van der Waals surface area contributed by atoms with Crippen molar-refractivity contribution in [1.82, 2.24) is 4.90 Å². The molecule has 3 rings (SSSR count). The Balaban J connectivity index is 1.94. The van der Waals surface area contributed by atoms with Gasteiger partial charge in [-0.25, -0.2) is 0 Å². The van der Waals surface area contributed by atoms with Crippen LogP contribution >= 0.6 is 0 Å². The Kier molecular flexibility index (Phi) is 3.80. The topological polar surface area (TPSA) is 3.24 Å². The number of fused-ring (bicyclic) bond motifs is 2. The Morgan fingerprint density at radius 3 is 1.95 bits per heavy atom. The predicted molar refractivity (Wildman–Crippen MR) is 91.2 cm³/mol. The summed E-state index contributed by atoms with van der Waals surface area (Å²) in [6, 6.07) is 0.715. The number of rotatable bonds is 3. The average Bonchev–Trinajstić information content (AvgIpc) is 2.95. The molecular formula is C20H35N. The molecule has 0 aromatic rings. The SMILES string of the molecule is CC(C)C1=C(C(C)C)C2(CCN(C(C)C)CC2)C2C(C)C12. The Hall–Kier alpha value is -0.300. The van der Waals surface area contributed by atoms with Gasteiger partial charge in [-0.2, -0.15) is 0 Å². The van der Waals surface area contributed by atoms with Crippen LogP contribution in [-0.2, 0) is 0 Å². The molecule has 3 unspecified atom stereocenters. The summed E-state index contributed by atoms with van der Waals surface area (Å²) in [7, 11) is 0. The zero-order valence-corrected chi connectivity index (χ0v) is 15.2. The Morgan fingerprint density at radius 2 is 1.52 bits per heavy atom. The van der Waals surface area contributed by atoms with Crippen molar-refractivity contribution in [3.05, 3.63) is 11.1 Å². The number of likely N-dealkylation sites (tertiary alicyclic amines) is 1. The molecule has 120 valence electrons. The van der Waals surface area contributed by atoms with Gasteiger partial charge in [-0.15, -0.1) is 0 Å². The van der Waals surface area contributed by atoms with Gasteiger partial charge in [-0.3, -0.25) is 0 Å². The standard InChI is InChI=1S/C20H35N/c1-12(2)16-17-15(7)19(17)20(18(16)13(3)4)8-10-21(11-9-20)14(5)6/h12-15,17,19H,8-11H2,1-7H3. The monoisotopic (exact) mass is 289 g/mol. The van der Waals surface area contributed by atoms with Crippen molar-refractivity contribution >= 4 is 0 Å². The number of hydrogen-bond donors (Lipinski definition) is 0. The molecule has 2 fully saturated rings. The number of allylic oxidation sites excluding steroid dienone is 2. The van der Waals surface area contributed by atoms with E-state index in [1.807, 2.05) is 11.1 Å². The van der Waals surface area contributed by atoms with Crippen molar-refractivity contribution in [2.45, 2.75) is 67.3 Å². The number of piperidine rings is 1. The van der Waals surface area contributed by atoms with Gasteiger partial charge in [0.15, 0.2) is 0 Å². The molecule has 1 heteroatoms. The van der Waals surface area contributed by atoms with Crippen LogP contribution in [-0.4, -0.2) is 24.0 Å². The van der Waals surface area contributed by atoms with Gasteiger partial charge in [0.2, 0.25) is 0 Å². The van der Waals surface area contributed by atoms with E-state index in [2.05, 4.69) is 53.4 Å². The highest BCUT2D eigenvalue weighted by atomic mass is 15.2. The average molecular weight is 290 g/mol. The molecule has 2 aliphatic carbocycles. The summed E-state index contributed by atoms with van der Waals surface area (Å²) in [6.07, 6.45) is 2.83. The minimum atomic E-state index is 0.573. The van der Waals surface area contributed by atoms with Crippen LogP contribution in [0.2, 0.25) is 0 Å². The van der Waals surface area contributed by atoms with Crippen molar-refractivity contribution in [2.75, 3.05) is 13.1 Å². The summed E-state index contributed by atoms with van der Waals surface area (Å²) in [5.41, 5.74) is 4.35. The third-order valence-corrected chi connectivity index (χ3v) is 6.84. The maximum Gasteiger partial charge on any atom is 0.00386 e. The predicted octanol–water partition coefficient (Wildman–Crippen LogP) is 4.98. The zero-order valence-electron chi connectivity index (χ0n) is 15.2. The highest BCUT2D eigenvalue weighted by Gasteiger charge is 2.67. The fourth-order valence-electron chi connectivity index (χ4n) is 6.08. The molecule has 1 heterocycles. The fourth-order valence-corrected chi connectivity index (χ4v) is 6.08. The zero-order chi connectivity index (χ0) is 15.5. The van der Waals surface area contributed by atoms with E-state index in [1.165, 1.54) is 25.9 Å². The smallest absolute Gasteiger partial charge is 0.00386 e. The molecule has 0 radical (unpaired) electrons. The van der Waals surface area contributed by atoms with Crippen LogP contribution in [0.25, 0.3) is 0 Å². The van der Waals surface area contributed by atoms with E-state index >= 15 is 0 Å². The number of hydrogen-bond acceptors (Lipinski definition) is 1. The molecule has 1 aliphatic heterocycles. The molecule has 1 nitrogen and oxygen atoms in total. The summed E-state index contributed by atoms with van der Waals surface area (Å²) in [5, 5.41) is 0. The Morgan fingerprint density at radius 1 is 0.952 bits per heavy atom. The van der Waals surface area contributed by atoms with Crippen molar-refractivity contribution < 1.29 is 0 Å². The first-order valence-corrected chi connectivity index (χ1v) is 9.29. The highest BCUT2D eigenvalue weighted by Crippen LogP contribution is 2.73. The lowest BCUT2D eigenvalue weighted by Crippen LogP contribution is -2.45. The first kappa shape index (κ1) is 15.6. The molecule has 3 atom stereocenters. The van der Waals surface area contributed by atoms with Gasteiger partial charge in [0.25, 0.3) is 0 Å². The van der Waals surface area contributed by atoms with E-state index in [1.54, 1.807) is 0 Å². The van der Waals surface area contributed by atoms with E-state index in [4.69, 9.17) is 0 Å². The first-order valence-electron chi connectivity index (χ1n) is 9.29. The molecule has 1 saturated heterocycles. The maximum absolute atomic E-state index is 2.69. The van der Waals surface area contributed by atoms with Crippen LogP contribution in [0.1, 0.15) is 61.3 Å². The summed E-state index contributed by atoms with van der Waals surface area (Å²) >= 11 is 0. The van der Waals surface area contributed by atoms with Crippen molar-refractivity contribution in [2.24, 2.45) is 35.0 Å². The fraction of sp³-hybridized carbons (Fsp3) is 0.900. The molecule has 21 heavy (non-hydrogen) atoms. The van der Waals surface area contributed by atoms with Crippen molar-refractivity contribution in [3.63, 3.8) is 0 Å². The second-order valence-corrected chi connectivity index (χ2v) is 8.87. The quantitative estimate of drug-likeness (QED) is 0.662. The van der Waals surface area contributed by atoms with Crippen LogP contribution in [0.5, 0.6) is 0 Å². The summed E-state index contributed by atoms with van der Waals surface area (Å²) < 4.78 is 0. The first-order chi connectivity index (χ1) is 9.81. The van der Waals surface area contributed by atoms with E-state index in [-0.39, 0.29) is 0 Å². The summed E-state index contributed by atoms with van der Waals surface area (Å²) in [6.45, 7) is 19.6. The Labute approximate surface area is 132 Å². The molecule has 0 amide bonds. The Bertz CT molecular complexity index is 435. The molecule has 1 saturated carbocycles. The van der Waals surface area contributed by atoms with Crippen LogP contribution in [0.15, 0.2) is 11.1 Å². The van der Waals surface area contributed by atoms with E-state index < -0.39 is 0 Å². The third-order valence-electron chi connectivity index (χ3n) is 6.84. The molecule has 0 bridgehead atoms. The lowest BCUT2D eigenvalue weighted by Gasteiger charge is -2.46. The molecule has 1 spiro atoms. The van der Waals surface area contributed by atoms with Gasteiger partial charge in [0.05, 0.1) is 0 Å². The van der Waals surface area contributed by atoms with Crippen LogP contribution in [0, 0.1) is 35.0 Å². The van der Waals surface area contributed by atoms with E-state index in [0.29, 0.717) is 11.5 Å². The normalized spacial score (nSPS) is 35.4. The molecule has 3 aliphatic rings. The second kappa shape index (κ2) is 5.11. The van der Waals surface area contributed by atoms with E-state index in [0.717, 1.165) is 29.6 Å². The number of nitrogens with zero attached hydrogens (tertiary/aromatic N) is 1. The molecular weight excluding hydrogens is 254 g/mol. The minimum absolute atomic E-state index is 0.573. The molecule has 0 aromatic heterocycles.